The predicted molar refractivity (Wildman–Crippen MR) is 117 cm³/mol. The van der Waals surface area contributed by atoms with Gasteiger partial charge in [-0.05, 0) is 17.5 Å². The second-order valence-electron chi connectivity index (χ2n) is 6.74. The van der Waals surface area contributed by atoms with Crippen LogP contribution >= 0.6 is 0 Å². The first-order valence-corrected chi connectivity index (χ1v) is 10.6. The number of hydrogen-bond donors (Lipinski definition) is 0. The van der Waals surface area contributed by atoms with Gasteiger partial charge in [0.2, 0.25) is 0 Å². The van der Waals surface area contributed by atoms with E-state index in [0.29, 0.717) is 16.8 Å². The van der Waals surface area contributed by atoms with Crippen LogP contribution in [-0.2, 0) is 10.0 Å². The third-order valence-corrected chi connectivity index (χ3v) is 6.24. The van der Waals surface area contributed by atoms with Crippen LogP contribution in [0.1, 0.15) is 11.1 Å². The van der Waals surface area contributed by atoms with E-state index in [9.17, 15) is 8.42 Å². The van der Waals surface area contributed by atoms with Crippen molar-refractivity contribution in [1.82, 2.24) is 0 Å². The number of para-hydroxylation sites is 1. The predicted octanol–water partition coefficient (Wildman–Crippen LogP) is 5.15. The average Bonchev–Trinajstić information content (AvgIpc) is 3.12. The summed E-state index contributed by atoms with van der Waals surface area (Å²) in [7, 11) is -3.95. The Hall–Kier alpha value is -3.57. The lowest BCUT2D eigenvalue weighted by atomic mass is 10.0. The Morgan fingerprint density at radius 2 is 1.38 bits per heavy atom. The Morgan fingerprint density at radius 3 is 2.24 bits per heavy atom. The highest BCUT2D eigenvalue weighted by Crippen LogP contribution is 2.31. The zero-order valence-corrected chi connectivity index (χ0v) is 16.2. The molecule has 0 N–H and O–H groups in total. The van der Waals surface area contributed by atoms with Gasteiger partial charge in [-0.3, -0.25) is 0 Å². The molecule has 0 amide bonds. The number of fused-ring (bicyclic) bond motifs is 2. The maximum atomic E-state index is 13.3. The van der Waals surface area contributed by atoms with Crippen molar-refractivity contribution in [1.29, 1.82) is 0 Å². The summed E-state index contributed by atoms with van der Waals surface area (Å²) in [6.45, 7) is 0. The second kappa shape index (κ2) is 6.79. The molecule has 0 unspecified atom stereocenters. The molecule has 0 spiro atoms. The molecule has 140 valence electrons. The summed E-state index contributed by atoms with van der Waals surface area (Å²) in [4.78, 5) is 4.86. The molecule has 5 rings (SSSR count). The van der Waals surface area contributed by atoms with E-state index in [0.717, 1.165) is 22.2 Å². The van der Waals surface area contributed by atoms with Gasteiger partial charge in [0.1, 0.15) is 5.71 Å². The molecule has 0 radical (unpaired) electrons. The number of aliphatic imine (C=N–C) groups is 1. The Bertz CT molecular complexity index is 1400. The fraction of sp³-hybridized carbons (Fsp3) is 0. The number of benzene rings is 4. The normalized spacial score (nSPS) is 14.8. The van der Waals surface area contributed by atoms with Crippen LogP contribution in [-0.4, -0.2) is 19.8 Å². The molecule has 4 aromatic carbocycles. The number of nitrogens with zero attached hydrogens (tertiary/aromatic N) is 2. The molecule has 0 fully saturated rings. The smallest absolute Gasteiger partial charge is 0.245 e. The Kier molecular flexibility index (Phi) is 4.11. The van der Waals surface area contributed by atoms with Crippen LogP contribution in [0.3, 0.4) is 0 Å². The van der Waals surface area contributed by atoms with E-state index in [2.05, 4.69) is 9.39 Å². The highest BCUT2D eigenvalue weighted by atomic mass is 32.2. The minimum absolute atomic E-state index is 0.194. The molecular formula is C24H16N2O2S. The molecule has 0 atom stereocenters. The maximum absolute atomic E-state index is 13.3. The van der Waals surface area contributed by atoms with Crippen molar-refractivity contribution in [3.63, 3.8) is 0 Å². The van der Waals surface area contributed by atoms with Gasteiger partial charge in [0.05, 0.1) is 16.3 Å². The van der Waals surface area contributed by atoms with Crippen LogP contribution in [0.4, 0.5) is 5.69 Å². The molecule has 0 aromatic heterocycles. The molecule has 0 saturated heterocycles. The van der Waals surface area contributed by atoms with Crippen molar-refractivity contribution >= 4 is 37.9 Å². The van der Waals surface area contributed by atoms with E-state index in [4.69, 9.17) is 0 Å². The molecule has 4 nitrogen and oxygen atoms in total. The van der Waals surface area contributed by atoms with E-state index in [1.807, 2.05) is 78.9 Å². The van der Waals surface area contributed by atoms with E-state index < -0.39 is 10.0 Å². The Labute approximate surface area is 169 Å². The van der Waals surface area contributed by atoms with Gasteiger partial charge in [-0.1, -0.05) is 84.9 Å². The third kappa shape index (κ3) is 3.05. The van der Waals surface area contributed by atoms with Crippen molar-refractivity contribution in [2.45, 2.75) is 4.90 Å². The molecule has 0 bridgehead atoms. The Morgan fingerprint density at radius 1 is 0.690 bits per heavy atom. The summed E-state index contributed by atoms with van der Waals surface area (Å²) in [5, 5.41) is 1.52. The number of hydrogen-bond acceptors (Lipinski definition) is 3. The van der Waals surface area contributed by atoms with Crippen LogP contribution in [0.25, 0.3) is 10.8 Å². The average molecular weight is 396 g/mol. The van der Waals surface area contributed by atoms with E-state index in [1.165, 1.54) is 0 Å². The monoisotopic (exact) mass is 396 g/mol. The Balaban J connectivity index is 1.73. The van der Waals surface area contributed by atoms with Gasteiger partial charge in [-0.15, -0.1) is 0 Å². The van der Waals surface area contributed by atoms with Crippen LogP contribution < -0.4 is 0 Å². The van der Waals surface area contributed by atoms with Crippen LogP contribution in [0.5, 0.6) is 0 Å². The summed E-state index contributed by atoms with van der Waals surface area (Å²) in [6.07, 6.45) is 0. The first kappa shape index (κ1) is 17.5. The SMILES string of the molecule is O=S(=O)(/N=C1/C(c2ccccc2)=Nc2ccccc21)c1cccc2ccccc12. The molecule has 1 aliphatic rings. The van der Waals surface area contributed by atoms with Crippen LogP contribution in [0.2, 0.25) is 0 Å². The first-order valence-electron chi connectivity index (χ1n) is 9.20. The van der Waals surface area contributed by atoms with Crippen molar-refractivity contribution in [2.24, 2.45) is 9.39 Å². The van der Waals surface area contributed by atoms with Crippen molar-refractivity contribution < 1.29 is 8.42 Å². The molecule has 1 heterocycles. The van der Waals surface area contributed by atoms with Gasteiger partial charge in [0.15, 0.2) is 0 Å². The standard InChI is InChI=1S/C24H16N2O2S/c27-29(28,22-16-8-12-17-9-4-5-13-19(17)22)26-24-20-14-6-7-15-21(20)25-23(24)18-10-2-1-3-11-18/h1-16H/b26-24+. The van der Waals surface area contributed by atoms with Gasteiger partial charge < -0.3 is 0 Å². The molecule has 1 aliphatic heterocycles. The fourth-order valence-corrected chi connectivity index (χ4v) is 4.79. The molecule has 5 heteroatoms. The first-order chi connectivity index (χ1) is 14.1. The fourth-order valence-electron chi connectivity index (χ4n) is 3.55. The van der Waals surface area contributed by atoms with E-state index in [1.54, 1.807) is 18.2 Å². The van der Waals surface area contributed by atoms with Gasteiger partial charge in [-0.2, -0.15) is 12.8 Å². The summed E-state index contributed by atoms with van der Waals surface area (Å²) in [6, 6.07) is 29.6. The van der Waals surface area contributed by atoms with E-state index >= 15 is 0 Å². The van der Waals surface area contributed by atoms with Crippen LogP contribution in [0.15, 0.2) is 111 Å². The van der Waals surface area contributed by atoms with Crippen molar-refractivity contribution in [3.8, 4) is 0 Å². The van der Waals surface area contributed by atoms with Crippen molar-refractivity contribution in [2.75, 3.05) is 0 Å². The maximum Gasteiger partial charge on any atom is 0.283 e. The lowest BCUT2D eigenvalue weighted by molar-refractivity contribution is 0.599. The third-order valence-electron chi connectivity index (χ3n) is 4.90. The zero-order chi connectivity index (χ0) is 19.8. The lowest BCUT2D eigenvalue weighted by Gasteiger charge is -2.08. The summed E-state index contributed by atoms with van der Waals surface area (Å²) >= 11 is 0. The lowest BCUT2D eigenvalue weighted by Crippen LogP contribution is -2.15. The zero-order valence-electron chi connectivity index (χ0n) is 15.4. The largest absolute Gasteiger partial charge is 0.283 e. The number of sulfonamides is 1. The van der Waals surface area contributed by atoms with Gasteiger partial charge in [-0.25, -0.2) is 4.99 Å². The minimum Gasteiger partial charge on any atom is -0.245 e. The highest BCUT2D eigenvalue weighted by Gasteiger charge is 2.27. The van der Waals surface area contributed by atoms with Gasteiger partial charge >= 0.3 is 0 Å². The quantitative estimate of drug-likeness (QED) is 0.481. The van der Waals surface area contributed by atoms with Crippen LogP contribution in [0, 0.1) is 0 Å². The highest BCUT2D eigenvalue weighted by molar-refractivity contribution is 7.90. The molecular weight excluding hydrogens is 380 g/mol. The summed E-state index contributed by atoms with van der Waals surface area (Å²) in [5.41, 5.74) is 3.21. The number of rotatable bonds is 3. The van der Waals surface area contributed by atoms with Gasteiger partial charge in [0.25, 0.3) is 10.0 Å². The molecule has 4 aromatic rings. The van der Waals surface area contributed by atoms with Gasteiger partial charge in [0, 0.05) is 16.5 Å². The minimum atomic E-state index is -3.95. The molecule has 29 heavy (non-hydrogen) atoms. The second-order valence-corrected chi connectivity index (χ2v) is 8.31. The molecule has 0 saturated carbocycles. The summed E-state index contributed by atoms with van der Waals surface area (Å²) < 4.78 is 31.0. The van der Waals surface area contributed by atoms with E-state index in [-0.39, 0.29) is 4.90 Å². The van der Waals surface area contributed by atoms with Crippen molar-refractivity contribution in [3.05, 3.63) is 108 Å². The molecule has 0 aliphatic carbocycles. The topological polar surface area (TPSA) is 58.9 Å². The summed E-state index contributed by atoms with van der Waals surface area (Å²) in [5.74, 6) is 0.